The summed E-state index contributed by atoms with van der Waals surface area (Å²) in [4.78, 5) is 11.1. The van der Waals surface area contributed by atoms with Gasteiger partial charge in [-0.05, 0) is 77.9 Å². The molecular weight excluding hydrogens is 783 g/mol. The monoisotopic (exact) mass is 815 g/mol. The number of rotatable bonds is 4. The largest absolute Gasteiger partial charge is 0.437 e. The zero-order valence-corrected chi connectivity index (χ0v) is 34.2. The summed E-state index contributed by atoms with van der Waals surface area (Å²) in [6.07, 6.45) is 0. The van der Waals surface area contributed by atoms with Gasteiger partial charge in [0.15, 0.2) is 0 Å². The maximum Gasteiger partial charge on any atom is 0.238 e. The minimum Gasteiger partial charge on any atom is -0.437 e. The summed E-state index contributed by atoms with van der Waals surface area (Å²) >= 11 is 0. The average Bonchev–Trinajstić information content (AvgIpc) is 4.16. The molecule has 15 rings (SSSR count). The van der Waals surface area contributed by atoms with Crippen LogP contribution in [0, 0.1) is 0 Å². The average molecular weight is 816 g/mol. The van der Waals surface area contributed by atoms with Gasteiger partial charge in [0.05, 0.1) is 49.7 Å². The van der Waals surface area contributed by atoms with Gasteiger partial charge in [0.2, 0.25) is 11.7 Å². The van der Waals surface area contributed by atoms with E-state index in [2.05, 4.69) is 202 Å². The lowest BCUT2D eigenvalue weighted by Gasteiger charge is -2.11. The maximum absolute atomic E-state index is 6.73. The van der Waals surface area contributed by atoms with Crippen molar-refractivity contribution in [2.45, 2.75) is 0 Å². The fourth-order valence-corrected chi connectivity index (χ4v) is 10.9. The first-order valence-corrected chi connectivity index (χ1v) is 21.7. The third-order valence-electron chi connectivity index (χ3n) is 13.6. The molecule has 0 spiro atoms. The van der Waals surface area contributed by atoms with Crippen LogP contribution in [0.3, 0.4) is 0 Å². The van der Waals surface area contributed by atoms with Crippen molar-refractivity contribution in [3.63, 3.8) is 0 Å². The van der Waals surface area contributed by atoms with E-state index in [1.165, 1.54) is 49.0 Å². The zero-order valence-electron chi connectivity index (χ0n) is 34.2. The van der Waals surface area contributed by atoms with Crippen molar-refractivity contribution in [1.82, 2.24) is 23.5 Å². The Morgan fingerprint density at radius 2 is 0.906 bits per heavy atom. The van der Waals surface area contributed by atoms with Crippen LogP contribution < -0.4 is 0 Å². The first-order valence-electron chi connectivity index (χ1n) is 21.7. The van der Waals surface area contributed by atoms with E-state index in [-0.39, 0.29) is 0 Å². The number of hydrogen-bond donors (Lipinski definition) is 0. The van der Waals surface area contributed by atoms with Crippen molar-refractivity contribution in [2.24, 2.45) is 0 Å². The number of hydrogen-bond acceptors (Lipinski definition) is 3. The topological polar surface area (TPSA) is 53.2 Å². The summed E-state index contributed by atoms with van der Waals surface area (Å²) in [6, 6.07) is 71.7. The summed E-state index contributed by atoms with van der Waals surface area (Å²) in [5, 5.41) is 11.4. The molecule has 64 heavy (non-hydrogen) atoms. The second kappa shape index (κ2) is 12.4. The molecular formula is C58H33N5O. The molecule has 9 aromatic carbocycles. The number of nitrogens with zero attached hydrogens (tertiary/aromatic N) is 5. The molecule has 6 heterocycles. The summed E-state index contributed by atoms with van der Waals surface area (Å²) in [7, 11) is 0. The first-order chi connectivity index (χ1) is 31.8. The molecule has 0 radical (unpaired) electrons. The molecule has 0 unspecified atom stereocenters. The quantitative estimate of drug-likeness (QED) is 0.178. The van der Waals surface area contributed by atoms with E-state index < -0.39 is 0 Å². The van der Waals surface area contributed by atoms with E-state index in [1.807, 2.05) is 12.1 Å². The Balaban J connectivity index is 1.10. The molecule has 0 saturated heterocycles. The van der Waals surface area contributed by atoms with Gasteiger partial charge in [-0.2, -0.15) is 4.98 Å². The highest BCUT2D eigenvalue weighted by molar-refractivity contribution is 6.34. The van der Waals surface area contributed by atoms with E-state index in [1.54, 1.807) is 0 Å². The Hall–Kier alpha value is -8.74. The lowest BCUT2D eigenvalue weighted by Crippen LogP contribution is -2.03. The van der Waals surface area contributed by atoms with Crippen LogP contribution >= 0.6 is 0 Å². The molecule has 6 aromatic heterocycles. The van der Waals surface area contributed by atoms with Crippen LogP contribution in [0.25, 0.3) is 138 Å². The van der Waals surface area contributed by atoms with Crippen molar-refractivity contribution >= 4 is 104 Å². The highest BCUT2D eigenvalue weighted by Gasteiger charge is 2.27. The van der Waals surface area contributed by atoms with Gasteiger partial charge in [-0.25, -0.2) is 4.98 Å². The standard InChI is InChI=1S/C58H33N5O/c1-3-15-34(16-4-1)35-27-29-50-43(31-35)45-33-44-39-20-8-12-24-47(39)62-48-25-13-9-21-40(48)53(55(44)62)56(45)63(50)58-59-54(52-41-22-10-14-26-51(41)64-57(52)60-58)36-28-30-49-42(32-36)38-19-7-11-23-46(38)61(49)37-17-5-2-6-18-37/h1-33H. The van der Waals surface area contributed by atoms with Crippen LogP contribution in [-0.4, -0.2) is 23.5 Å². The first kappa shape index (κ1) is 33.9. The molecule has 6 heteroatoms. The van der Waals surface area contributed by atoms with E-state index in [4.69, 9.17) is 14.4 Å². The van der Waals surface area contributed by atoms with Crippen molar-refractivity contribution < 1.29 is 4.42 Å². The summed E-state index contributed by atoms with van der Waals surface area (Å²) in [5.74, 6) is 0.559. The molecule has 296 valence electrons. The fourth-order valence-electron chi connectivity index (χ4n) is 10.9. The Morgan fingerprint density at radius 1 is 0.344 bits per heavy atom. The van der Waals surface area contributed by atoms with Crippen molar-refractivity contribution in [1.29, 1.82) is 0 Å². The molecule has 15 aromatic rings. The van der Waals surface area contributed by atoms with Gasteiger partial charge >= 0.3 is 0 Å². The van der Waals surface area contributed by atoms with E-state index >= 15 is 0 Å². The molecule has 0 N–H and O–H groups in total. The van der Waals surface area contributed by atoms with Crippen LogP contribution in [-0.2, 0) is 0 Å². The predicted molar refractivity (Wildman–Crippen MR) is 264 cm³/mol. The highest BCUT2D eigenvalue weighted by Crippen LogP contribution is 2.47. The van der Waals surface area contributed by atoms with Gasteiger partial charge in [0.25, 0.3) is 0 Å². The van der Waals surface area contributed by atoms with Gasteiger partial charge in [-0.15, -0.1) is 0 Å². The predicted octanol–water partition coefficient (Wildman–Crippen LogP) is 15.1. The van der Waals surface area contributed by atoms with Gasteiger partial charge in [-0.3, -0.25) is 4.57 Å². The zero-order chi connectivity index (χ0) is 41.6. The Labute approximate surface area is 364 Å². The molecule has 0 aliphatic carbocycles. The minimum atomic E-state index is 0.552. The van der Waals surface area contributed by atoms with Crippen molar-refractivity contribution in [3.8, 4) is 34.0 Å². The smallest absolute Gasteiger partial charge is 0.238 e. The number of para-hydroxylation sites is 5. The summed E-state index contributed by atoms with van der Waals surface area (Å²) in [5.41, 5.74) is 14.6. The fraction of sp³-hybridized carbons (Fsp3) is 0. The lowest BCUT2D eigenvalue weighted by atomic mass is 10.0. The lowest BCUT2D eigenvalue weighted by molar-refractivity contribution is 0.651. The number of aromatic nitrogens is 5. The van der Waals surface area contributed by atoms with E-state index in [9.17, 15) is 0 Å². The molecule has 0 saturated carbocycles. The molecule has 0 amide bonds. The molecule has 0 aliphatic heterocycles. The number of benzene rings is 9. The number of furan rings is 1. The van der Waals surface area contributed by atoms with Crippen LogP contribution in [0.4, 0.5) is 0 Å². The van der Waals surface area contributed by atoms with Crippen LogP contribution in [0.2, 0.25) is 0 Å². The van der Waals surface area contributed by atoms with Crippen LogP contribution in [0.1, 0.15) is 0 Å². The van der Waals surface area contributed by atoms with Crippen LogP contribution in [0.15, 0.2) is 205 Å². The Kier molecular flexibility index (Phi) is 6.59. The van der Waals surface area contributed by atoms with Gasteiger partial charge < -0.3 is 13.4 Å². The molecule has 6 nitrogen and oxygen atoms in total. The molecule has 0 bridgehead atoms. The number of fused-ring (bicyclic) bond motifs is 16. The van der Waals surface area contributed by atoms with Crippen molar-refractivity contribution in [2.75, 3.05) is 0 Å². The second-order valence-corrected chi connectivity index (χ2v) is 16.9. The SMILES string of the molecule is c1ccc(-c2ccc3c(c2)c2cc4c5ccccc5n5c6ccccc6c(c2n3-c2nc(-c3ccc6c(c3)c3ccccc3n6-c3ccccc3)c3c(n2)oc2ccccc23)c45)cc1. The molecule has 0 aliphatic rings. The molecule has 0 fully saturated rings. The Morgan fingerprint density at radius 3 is 1.70 bits per heavy atom. The van der Waals surface area contributed by atoms with E-state index in [0.717, 1.165) is 77.1 Å². The van der Waals surface area contributed by atoms with Gasteiger partial charge in [0, 0.05) is 59.7 Å². The highest BCUT2D eigenvalue weighted by atomic mass is 16.3. The minimum absolute atomic E-state index is 0.552. The van der Waals surface area contributed by atoms with Gasteiger partial charge in [0.1, 0.15) is 5.58 Å². The summed E-state index contributed by atoms with van der Waals surface area (Å²) < 4.78 is 13.8. The Bertz CT molecular complexity index is 4420. The summed E-state index contributed by atoms with van der Waals surface area (Å²) in [6.45, 7) is 0. The van der Waals surface area contributed by atoms with Crippen molar-refractivity contribution in [3.05, 3.63) is 200 Å². The third kappa shape index (κ3) is 4.43. The normalized spacial score (nSPS) is 12.4. The second-order valence-electron chi connectivity index (χ2n) is 16.9. The van der Waals surface area contributed by atoms with Gasteiger partial charge in [-0.1, -0.05) is 133 Å². The molecule has 0 atom stereocenters. The van der Waals surface area contributed by atoms with Crippen LogP contribution in [0.5, 0.6) is 0 Å². The van der Waals surface area contributed by atoms with E-state index in [0.29, 0.717) is 11.7 Å². The third-order valence-corrected chi connectivity index (χ3v) is 13.6. The maximum atomic E-state index is 6.73.